The highest BCUT2D eigenvalue weighted by Gasteiger charge is 2.18. The van der Waals surface area contributed by atoms with Gasteiger partial charge in [-0.15, -0.1) is 0 Å². The zero-order valence-electron chi connectivity index (χ0n) is 10.3. The Morgan fingerprint density at radius 1 is 1.65 bits per heavy atom. The molecule has 0 aliphatic carbocycles. The van der Waals surface area contributed by atoms with Crippen molar-refractivity contribution in [1.82, 2.24) is 9.55 Å². The number of carbonyl (C=O) groups is 1. The number of ether oxygens (including phenoxy) is 1. The van der Waals surface area contributed by atoms with E-state index < -0.39 is 5.97 Å². The molecule has 1 aromatic rings. The summed E-state index contributed by atoms with van der Waals surface area (Å²) in [7, 11) is 1.66. The van der Waals surface area contributed by atoms with Crippen LogP contribution in [0.3, 0.4) is 0 Å². The predicted molar refractivity (Wildman–Crippen MR) is 66.3 cm³/mol. The van der Waals surface area contributed by atoms with E-state index in [1.54, 1.807) is 13.3 Å². The highest BCUT2D eigenvalue weighted by molar-refractivity contribution is 7.99. The molecular formula is C11H18N2O3S. The summed E-state index contributed by atoms with van der Waals surface area (Å²) in [5.74, 6) is -0.417. The fourth-order valence-electron chi connectivity index (χ4n) is 1.55. The Balaban J connectivity index is 2.80. The van der Waals surface area contributed by atoms with E-state index in [1.165, 1.54) is 11.8 Å². The van der Waals surface area contributed by atoms with Gasteiger partial charge in [-0.2, -0.15) is 0 Å². The van der Waals surface area contributed by atoms with Crippen LogP contribution in [0.2, 0.25) is 0 Å². The van der Waals surface area contributed by atoms with Crippen molar-refractivity contribution in [1.29, 1.82) is 0 Å². The van der Waals surface area contributed by atoms with Crippen LogP contribution in [0.5, 0.6) is 0 Å². The Hall–Kier alpha value is -1.01. The van der Waals surface area contributed by atoms with Gasteiger partial charge in [0.25, 0.3) is 0 Å². The number of carboxylic acids is 1. The number of methoxy groups -OCH3 is 1. The molecule has 0 amide bonds. The number of aliphatic carboxylic acids is 1. The van der Waals surface area contributed by atoms with Gasteiger partial charge in [0.1, 0.15) is 0 Å². The lowest BCUT2D eigenvalue weighted by atomic mass is 10.1. The maximum atomic E-state index is 10.6. The molecular weight excluding hydrogens is 240 g/mol. The molecule has 1 heterocycles. The molecule has 0 bridgehead atoms. The molecule has 96 valence electrons. The number of rotatable bonds is 7. The van der Waals surface area contributed by atoms with Crippen molar-refractivity contribution in [2.24, 2.45) is 5.92 Å². The van der Waals surface area contributed by atoms with Gasteiger partial charge in [-0.3, -0.25) is 4.79 Å². The molecule has 1 rings (SSSR count). The quantitative estimate of drug-likeness (QED) is 0.757. The average Bonchev–Trinajstić information content (AvgIpc) is 2.70. The molecule has 0 radical (unpaired) electrons. The van der Waals surface area contributed by atoms with Crippen molar-refractivity contribution in [2.75, 3.05) is 19.5 Å². The van der Waals surface area contributed by atoms with Crippen LogP contribution in [0.15, 0.2) is 17.6 Å². The van der Waals surface area contributed by atoms with E-state index in [1.807, 2.05) is 10.8 Å². The van der Waals surface area contributed by atoms with E-state index in [0.717, 1.165) is 5.16 Å². The number of carboxylic acid groups (broad SMARTS) is 1. The Kier molecular flexibility index (Phi) is 5.50. The normalized spacial score (nSPS) is 12.9. The van der Waals surface area contributed by atoms with Crippen LogP contribution in [0.25, 0.3) is 0 Å². The molecule has 5 nitrogen and oxygen atoms in total. The first kappa shape index (κ1) is 14.1. The van der Waals surface area contributed by atoms with Crippen LogP contribution in [-0.4, -0.2) is 40.1 Å². The fraction of sp³-hybridized carbons (Fsp3) is 0.636. The first-order valence-corrected chi connectivity index (χ1v) is 6.41. The minimum Gasteiger partial charge on any atom is -0.481 e. The van der Waals surface area contributed by atoms with Crippen LogP contribution in [0, 0.1) is 5.92 Å². The fourth-order valence-corrected chi connectivity index (χ4v) is 2.29. The largest absolute Gasteiger partial charge is 0.481 e. The topological polar surface area (TPSA) is 64.4 Å². The molecule has 0 aromatic carbocycles. The molecule has 0 fully saturated rings. The second kappa shape index (κ2) is 6.66. The van der Waals surface area contributed by atoms with Gasteiger partial charge in [0, 0.05) is 19.5 Å². The Morgan fingerprint density at radius 3 is 2.88 bits per heavy atom. The molecule has 0 saturated heterocycles. The molecule has 17 heavy (non-hydrogen) atoms. The first-order valence-electron chi connectivity index (χ1n) is 5.42. The van der Waals surface area contributed by atoms with Crippen molar-refractivity contribution in [2.45, 2.75) is 25.0 Å². The van der Waals surface area contributed by atoms with Crippen LogP contribution in [0.1, 0.15) is 19.9 Å². The van der Waals surface area contributed by atoms with Crippen molar-refractivity contribution < 1.29 is 14.6 Å². The average molecular weight is 258 g/mol. The number of hydrogen-bond donors (Lipinski definition) is 1. The van der Waals surface area contributed by atoms with E-state index in [9.17, 15) is 4.79 Å². The molecule has 0 aliphatic rings. The molecule has 6 heteroatoms. The summed E-state index contributed by atoms with van der Waals surface area (Å²) in [5.41, 5.74) is 0. The summed E-state index contributed by atoms with van der Waals surface area (Å²) >= 11 is 1.23. The zero-order valence-corrected chi connectivity index (χ0v) is 11.1. The van der Waals surface area contributed by atoms with Crippen LogP contribution < -0.4 is 0 Å². The summed E-state index contributed by atoms with van der Waals surface area (Å²) in [6, 6.07) is 0.179. The van der Waals surface area contributed by atoms with Crippen molar-refractivity contribution in [3.8, 4) is 0 Å². The standard InChI is InChI=1S/C11H18N2O3S/c1-8(2)9(6-16-3)13-5-4-12-11(13)17-7-10(14)15/h4-5,8-9H,6-7H2,1-3H3,(H,14,15). The Morgan fingerprint density at radius 2 is 2.35 bits per heavy atom. The van der Waals surface area contributed by atoms with Gasteiger partial charge in [-0.25, -0.2) is 4.98 Å². The number of hydrogen-bond acceptors (Lipinski definition) is 4. The number of imidazole rings is 1. The smallest absolute Gasteiger partial charge is 0.313 e. The summed E-state index contributed by atoms with van der Waals surface area (Å²) < 4.78 is 7.18. The number of nitrogens with zero attached hydrogens (tertiary/aromatic N) is 2. The van der Waals surface area contributed by atoms with E-state index in [4.69, 9.17) is 9.84 Å². The maximum Gasteiger partial charge on any atom is 0.313 e. The van der Waals surface area contributed by atoms with Crippen molar-refractivity contribution in [3.05, 3.63) is 12.4 Å². The third-order valence-electron chi connectivity index (χ3n) is 2.42. The lowest BCUT2D eigenvalue weighted by molar-refractivity contribution is -0.133. The number of thioether (sulfide) groups is 1. The van der Waals surface area contributed by atoms with Gasteiger partial charge in [0.05, 0.1) is 18.4 Å². The minimum absolute atomic E-state index is 0.0226. The van der Waals surface area contributed by atoms with Gasteiger partial charge in [0.2, 0.25) is 0 Å². The van der Waals surface area contributed by atoms with Crippen LogP contribution >= 0.6 is 11.8 Å². The molecule has 1 atom stereocenters. The monoisotopic (exact) mass is 258 g/mol. The SMILES string of the molecule is COCC(C(C)C)n1ccnc1SCC(=O)O. The third-order valence-corrected chi connectivity index (χ3v) is 3.39. The zero-order chi connectivity index (χ0) is 12.8. The Bertz CT molecular complexity index is 365. The van der Waals surface area contributed by atoms with E-state index >= 15 is 0 Å². The summed E-state index contributed by atoms with van der Waals surface area (Å²) in [5, 5.41) is 9.40. The maximum absolute atomic E-state index is 10.6. The number of aromatic nitrogens is 2. The minimum atomic E-state index is -0.836. The third kappa shape index (κ3) is 4.05. The molecule has 1 N–H and O–H groups in total. The van der Waals surface area contributed by atoms with E-state index in [2.05, 4.69) is 18.8 Å². The Labute approximate surface area is 105 Å². The van der Waals surface area contributed by atoms with E-state index in [-0.39, 0.29) is 11.8 Å². The van der Waals surface area contributed by atoms with Gasteiger partial charge < -0.3 is 14.4 Å². The molecule has 0 aliphatic heterocycles. The van der Waals surface area contributed by atoms with Gasteiger partial charge in [-0.1, -0.05) is 25.6 Å². The second-order valence-corrected chi connectivity index (χ2v) is 5.01. The lowest BCUT2D eigenvalue weighted by Crippen LogP contribution is -2.20. The van der Waals surface area contributed by atoms with Gasteiger partial charge >= 0.3 is 5.97 Å². The molecule has 0 spiro atoms. The summed E-state index contributed by atoms with van der Waals surface area (Å²) in [6.07, 6.45) is 3.56. The first-order chi connectivity index (χ1) is 8.06. The van der Waals surface area contributed by atoms with Crippen molar-refractivity contribution in [3.63, 3.8) is 0 Å². The summed E-state index contributed by atoms with van der Waals surface area (Å²) in [6.45, 7) is 4.80. The van der Waals surface area contributed by atoms with Crippen LogP contribution in [0.4, 0.5) is 0 Å². The molecule has 0 saturated carbocycles. The summed E-state index contributed by atoms with van der Waals surface area (Å²) in [4.78, 5) is 14.7. The van der Waals surface area contributed by atoms with Gasteiger partial charge in [0.15, 0.2) is 5.16 Å². The highest BCUT2D eigenvalue weighted by Crippen LogP contribution is 2.25. The molecule has 1 unspecified atom stereocenters. The molecule has 1 aromatic heterocycles. The highest BCUT2D eigenvalue weighted by atomic mass is 32.2. The van der Waals surface area contributed by atoms with Gasteiger partial charge in [-0.05, 0) is 5.92 Å². The predicted octanol–water partition coefficient (Wildman–Crippen LogP) is 1.90. The van der Waals surface area contributed by atoms with E-state index in [0.29, 0.717) is 12.5 Å². The van der Waals surface area contributed by atoms with Crippen molar-refractivity contribution >= 4 is 17.7 Å². The van der Waals surface area contributed by atoms with Crippen LogP contribution in [-0.2, 0) is 9.53 Å². The lowest BCUT2D eigenvalue weighted by Gasteiger charge is -2.23. The second-order valence-electron chi connectivity index (χ2n) is 4.07.